The Labute approximate surface area is 175 Å². The lowest BCUT2D eigenvalue weighted by atomic mass is 9.90. The summed E-state index contributed by atoms with van der Waals surface area (Å²) < 4.78 is 1.80. The molecule has 5 N–H and O–H groups in total. The standard InChI is InChI=1S/C22H29N5O3/c1-12-19-18(11-22(2,3)25-21(19)30)27(26-12)14-6-9-16(20(23)29)17(10-14)24-13-4-7-15(28)8-5-13/h6,9-10,13,15,24,28H,4-5,7-8,11H2,1-3H3,(H2,23,29)(H,25,30). The average Bonchev–Trinajstić information content (AvgIpc) is 2.98. The van der Waals surface area contributed by atoms with Crippen molar-refractivity contribution in [2.45, 2.75) is 70.6 Å². The Morgan fingerprint density at radius 3 is 2.67 bits per heavy atom. The van der Waals surface area contributed by atoms with Crippen LogP contribution in [0, 0.1) is 6.92 Å². The second-order valence-electron chi connectivity index (χ2n) is 9.08. The molecule has 2 aliphatic rings. The van der Waals surface area contributed by atoms with Gasteiger partial charge in [0.25, 0.3) is 11.8 Å². The predicted molar refractivity (Wildman–Crippen MR) is 114 cm³/mol. The molecule has 1 saturated carbocycles. The van der Waals surface area contributed by atoms with Crippen LogP contribution in [0.3, 0.4) is 0 Å². The molecule has 160 valence electrons. The first-order valence-electron chi connectivity index (χ1n) is 10.4. The number of nitrogens with two attached hydrogens (primary N) is 1. The smallest absolute Gasteiger partial charge is 0.255 e. The number of carbonyl (C=O) groups is 2. The van der Waals surface area contributed by atoms with E-state index in [1.165, 1.54) is 0 Å². The van der Waals surface area contributed by atoms with Crippen molar-refractivity contribution in [2.75, 3.05) is 5.32 Å². The molecular formula is C22H29N5O3. The van der Waals surface area contributed by atoms with E-state index in [0.29, 0.717) is 28.9 Å². The molecule has 2 aromatic rings. The molecule has 2 amide bonds. The van der Waals surface area contributed by atoms with Crippen LogP contribution in [0.5, 0.6) is 0 Å². The van der Waals surface area contributed by atoms with Gasteiger partial charge in [-0.3, -0.25) is 9.59 Å². The normalized spacial score (nSPS) is 22.9. The highest BCUT2D eigenvalue weighted by Gasteiger charge is 2.35. The number of carbonyl (C=O) groups excluding carboxylic acids is 2. The van der Waals surface area contributed by atoms with Gasteiger partial charge in [-0.15, -0.1) is 0 Å². The first kappa shape index (κ1) is 20.4. The van der Waals surface area contributed by atoms with Gasteiger partial charge in [0.2, 0.25) is 0 Å². The number of aryl methyl sites for hydroxylation is 1. The molecule has 0 spiro atoms. The predicted octanol–water partition coefficient (Wildman–Crippen LogP) is 2.06. The van der Waals surface area contributed by atoms with E-state index in [0.717, 1.165) is 37.1 Å². The number of benzene rings is 1. The van der Waals surface area contributed by atoms with Gasteiger partial charge in [-0.2, -0.15) is 5.10 Å². The molecule has 0 bridgehead atoms. The van der Waals surface area contributed by atoms with E-state index in [-0.39, 0.29) is 23.6 Å². The van der Waals surface area contributed by atoms with Crippen molar-refractivity contribution in [3.63, 3.8) is 0 Å². The minimum absolute atomic E-state index is 0.113. The highest BCUT2D eigenvalue weighted by molar-refractivity contribution is 5.99. The van der Waals surface area contributed by atoms with E-state index in [4.69, 9.17) is 5.73 Å². The van der Waals surface area contributed by atoms with Gasteiger partial charge in [-0.25, -0.2) is 4.68 Å². The fourth-order valence-electron chi connectivity index (χ4n) is 4.52. The Balaban J connectivity index is 1.73. The molecule has 1 aliphatic heterocycles. The van der Waals surface area contributed by atoms with E-state index in [1.54, 1.807) is 10.7 Å². The summed E-state index contributed by atoms with van der Waals surface area (Å²) in [5, 5.41) is 20.9. The average molecular weight is 412 g/mol. The van der Waals surface area contributed by atoms with Crippen molar-refractivity contribution >= 4 is 17.5 Å². The molecular weight excluding hydrogens is 382 g/mol. The number of hydrogen-bond donors (Lipinski definition) is 4. The quantitative estimate of drug-likeness (QED) is 0.613. The second-order valence-corrected chi connectivity index (χ2v) is 9.08. The lowest BCUT2D eigenvalue weighted by molar-refractivity contribution is 0.0894. The summed E-state index contributed by atoms with van der Waals surface area (Å²) in [5.74, 6) is -0.614. The number of nitrogens with one attached hydrogen (secondary N) is 2. The first-order valence-corrected chi connectivity index (χ1v) is 10.4. The number of aliphatic hydroxyl groups excluding tert-OH is 1. The Bertz CT molecular complexity index is 1000. The van der Waals surface area contributed by atoms with Crippen LogP contribution < -0.4 is 16.4 Å². The van der Waals surface area contributed by atoms with E-state index in [2.05, 4.69) is 15.7 Å². The molecule has 30 heavy (non-hydrogen) atoms. The number of fused-ring (bicyclic) bond motifs is 1. The molecule has 0 atom stereocenters. The third-order valence-electron chi connectivity index (χ3n) is 6.01. The molecule has 8 heteroatoms. The summed E-state index contributed by atoms with van der Waals surface area (Å²) >= 11 is 0. The van der Waals surface area contributed by atoms with Gasteiger partial charge in [-0.05, 0) is 64.7 Å². The van der Waals surface area contributed by atoms with Crippen LogP contribution in [0.1, 0.15) is 71.6 Å². The van der Waals surface area contributed by atoms with Crippen LogP contribution in [-0.2, 0) is 6.42 Å². The molecule has 1 fully saturated rings. The Morgan fingerprint density at radius 1 is 1.30 bits per heavy atom. The van der Waals surface area contributed by atoms with E-state index < -0.39 is 5.91 Å². The van der Waals surface area contributed by atoms with Crippen LogP contribution in [0.15, 0.2) is 18.2 Å². The number of primary amides is 1. The van der Waals surface area contributed by atoms with Crippen molar-refractivity contribution < 1.29 is 14.7 Å². The van der Waals surface area contributed by atoms with E-state index >= 15 is 0 Å². The van der Waals surface area contributed by atoms with Crippen molar-refractivity contribution in [1.82, 2.24) is 15.1 Å². The van der Waals surface area contributed by atoms with Crippen LogP contribution >= 0.6 is 0 Å². The Morgan fingerprint density at radius 2 is 2.00 bits per heavy atom. The van der Waals surface area contributed by atoms with E-state index in [9.17, 15) is 14.7 Å². The molecule has 1 aromatic heterocycles. The fraction of sp³-hybridized carbons (Fsp3) is 0.500. The second kappa shape index (κ2) is 7.43. The third kappa shape index (κ3) is 3.79. The zero-order chi connectivity index (χ0) is 21.6. The monoisotopic (exact) mass is 411 g/mol. The van der Waals surface area contributed by atoms with Crippen LogP contribution in [-0.4, -0.2) is 44.4 Å². The number of anilines is 1. The molecule has 2 heterocycles. The van der Waals surface area contributed by atoms with Gasteiger partial charge in [0.05, 0.1) is 34.3 Å². The van der Waals surface area contributed by atoms with Gasteiger partial charge in [0.15, 0.2) is 0 Å². The zero-order valence-corrected chi connectivity index (χ0v) is 17.7. The molecule has 0 saturated heterocycles. The van der Waals surface area contributed by atoms with Gasteiger partial charge in [-0.1, -0.05) is 0 Å². The maximum atomic E-state index is 12.6. The minimum Gasteiger partial charge on any atom is -0.393 e. The topological polar surface area (TPSA) is 122 Å². The summed E-state index contributed by atoms with van der Waals surface area (Å²) in [7, 11) is 0. The summed E-state index contributed by atoms with van der Waals surface area (Å²) in [5.41, 5.74) is 9.23. The van der Waals surface area contributed by atoms with Crippen molar-refractivity contribution in [3.8, 4) is 5.69 Å². The summed E-state index contributed by atoms with van der Waals surface area (Å²) in [6.45, 7) is 5.81. The summed E-state index contributed by atoms with van der Waals surface area (Å²) in [6.07, 6.45) is 3.52. The highest BCUT2D eigenvalue weighted by atomic mass is 16.3. The molecule has 0 radical (unpaired) electrons. The molecule has 1 aromatic carbocycles. The third-order valence-corrected chi connectivity index (χ3v) is 6.01. The van der Waals surface area contributed by atoms with Gasteiger partial charge < -0.3 is 21.5 Å². The van der Waals surface area contributed by atoms with Crippen LogP contribution in [0.2, 0.25) is 0 Å². The molecule has 8 nitrogen and oxygen atoms in total. The number of rotatable bonds is 4. The fourth-order valence-corrected chi connectivity index (χ4v) is 4.52. The van der Waals surface area contributed by atoms with Crippen LogP contribution in [0.4, 0.5) is 5.69 Å². The van der Waals surface area contributed by atoms with Gasteiger partial charge in [0.1, 0.15) is 0 Å². The number of nitrogens with zero attached hydrogens (tertiary/aromatic N) is 2. The highest BCUT2D eigenvalue weighted by Crippen LogP contribution is 2.30. The number of aliphatic hydroxyl groups is 1. The van der Waals surface area contributed by atoms with Gasteiger partial charge >= 0.3 is 0 Å². The maximum Gasteiger partial charge on any atom is 0.255 e. The van der Waals surface area contributed by atoms with Crippen molar-refractivity contribution in [2.24, 2.45) is 5.73 Å². The number of amides is 2. The zero-order valence-electron chi connectivity index (χ0n) is 17.7. The first-order chi connectivity index (χ1) is 14.1. The largest absolute Gasteiger partial charge is 0.393 e. The summed E-state index contributed by atoms with van der Waals surface area (Å²) in [6, 6.07) is 5.55. The molecule has 1 aliphatic carbocycles. The van der Waals surface area contributed by atoms with Gasteiger partial charge in [0, 0.05) is 23.7 Å². The Hall–Kier alpha value is -2.87. The lowest BCUT2D eigenvalue weighted by Crippen LogP contribution is -2.49. The van der Waals surface area contributed by atoms with Crippen molar-refractivity contribution in [1.29, 1.82) is 0 Å². The van der Waals surface area contributed by atoms with Crippen molar-refractivity contribution in [3.05, 3.63) is 40.7 Å². The lowest BCUT2D eigenvalue weighted by Gasteiger charge is -2.31. The number of aromatic nitrogens is 2. The summed E-state index contributed by atoms with van der Waals surface area (Å²) in [4.78, 5) is 24.6. The Kier molecular flexibility index (Phi) is 5.05. The molecule has 4 rings (SSSR count). The number of hydrogen-bond acceptors (Lipinski definition) is 5. The SMILES string of the molecule is Cc1nn(-c2ccc(C(N)=O)c(NC3CCC(O)CC3)c2)c2c1C(=O)NC(C)(C)C2. The minimum atomic E-state index is -0.501. The van der Waals surface area contributed by atoms with Crippen LogP contribution in [0.25, 0.3) is 5.69 Å². The van der Waals surface area contributed by atoms with E-state index in [1.807, 2.05) is 32.9 Å². The maximum absolute atomic E-state index is 12.6. The molecule has 0 unspecified atom stereocenters.